The number of esters is 1. The number of carboxylic acids is 1. The number of carbonyl (C=O) groups excluding carboxylic acids is 1. The van der Waals surface area contributed by atoms with Crippen LogP contribution in [0, 0.1) is 19.3 Å². The lowest BCUT2D eigenvalue weighted by molar-refractivity contribution is -0.158. The van der Waals surface area contributed by atoms with E-state index < -0.39 is 17.0 Å². The Balaban J connectivity index is 0.000000342. The quantitative estimate of drug-likeness (QED) is 0.296. The minimum absolute atomic E-state index is 0.340. The predicted molar refractivity (Wildman–Crippen MR) is 135 cm³/mol. The molecule has 0 aliphatic rings. The van der Waals surface area contributed by atoms with Crippen LogP contribution in [-0.4, -0.2) is 35.9 Å². The lowest BCUT2D eigenvalue weighted by Gasteiger charge is -2.23. The van der Waals surface area contributed by atoms with Crippen LogP contribution < -0.4 is 9.47 Å². The molecule has 0 fully saturated rings. The average Bonchev–Trinajstić information content (AvgIpc) is 2.75. The molecule has 2 aromatic carbocycles. The van der Waals surface area contributed by atoms with Crippen molar-refractivity contribution in [1.82, 2.24) is 0 Å². The number of carboxylic acid groups (broad SMARTS) is 1. The highest BCUT2D eigenvalue weighted by Crippen LogP contribution is 2.24. The smallest absolute Gasteiger partial charge is 0.349 e. The fourth-order valence-electron chi connectivity index (χ4n) is 2.81. The first-order chi connectivity index (χ1) is 15.8. The molecule has 0 heterocycles. The molecule has 0 atom stereocenters. The minimum Gasteiger partial charge on any atom is -0.493 e. The lowest BCUT2D eigenvalue weighted by atomic mass is 9.88. The van der Waals surface area contributed by atoms with Gasteiger partial charge in [0, 0.05) is 5.02 Å². The molecule has 0 bridgehead atoms. The first kappa shape index (κ1) is 29.3. The number of aryl methyl sites for hydroxylation is 2. The highest BCUT2D eigenvalue weighted by Gasteiger charge is 2.31. The molecule has 0 spiro atoms. The summed E-state index contributed by atoms with van der Waals surface area (Å²) in [5.74, 6) is 0.338. The van der Waals surface area contributed by atoms with Crippen molar-refractivity contribution in [1.29, 1.82) is 0 Å². The molecule has 0 aliphatic carbocycles. The second-order valence-electron chi connectivity index (χ2n) is 9.20. The minimum atomic E-state index is -0.996. The average molecular weight is 493 g/mol. The van der Waals surface area contributed by atoms with Crippen molar-refractivity contribution in [3.8, 4) is 11.5 Å². The molecule has 0 saturated heterocycles. The van der Waals surface area contributed by atoms with Crippen LogP contribution in [0.2, 0.25) is 5.02 Å². The van der Waals surface area contributed by atoms with Gasteiger partial charge >= 0.3 is 11.9 Å². The Hall–Kier alpha value is -2.73. The van der Waals surface area contributed by atoms with Crippen LogP contribution in [0.15, 0.2) is 42.5 Å². The fourth-order valence-corrected chi connectivity index (χ4v) is 2.94. The maximum absolute atomic E-state index is 11.6. The van der Waals surface area contributed by atoms with Crippen LogP contribution in [0.25, 0.3) is 0 Å². The topological polar surface area (TPSA) is 82.1 Å². The van der Waals surface area contributed by atoms with Gasteiger partial charge in [0.2, 0.25) is 0 Å². The van der Waals surface area contributed by atoms with Crippen molar-refractivity contribution < 1.29 is 28.9 Å². The van der Waals surface area contributed by atoms with E-state index in [1.165, 1.54) is 5.56 Å². The number of aliphatic carboxylic acids is 1. The zero-order valence-electron chi connectivity index (χ0n) is 21.2. The van der Waals surface area contributed by atoms with E-state index in [9.17, 15) is 9.59 Å². The van der Waals surface area contributed by atoms with Gasteiger partial charge in [0.25, 0.3) is 0 Å². The van der Waals surface area contributed by atoms with Gasteiger partial charge in [0.1, 0.15) is 11.5 Å². The number of rotatable bonds is 10. The number of halogens is 1. The van der Waals surface area contributed by atoms with Gasteiger partial charge in [0.05, 0.1) is 18.6 Å². The van der Waals surface area contributed by atoms with Gasteiger partial charge < -0.3 is 19.3 Å². The van der Waals surface area contributed by atoms with Gasteiger partial charge in [-0.2, -0.15) is 0 Å². The molecule has 2 aromatic rings. The van der Waals surface area contributed by atoms with Crippen molar-refractivity contribution in [3.63, 3.8) is 0 Å². The van der Waals surface area contributed by atoms with Gasteiger partial charge in [0.15, 0.2) is 5.60 Å². The van der Waals surface area contributed by atoms with E-state index in [0.717, 1.165) is 17.7 Å². The Morgan fingerprint density at radius 1 is 1.00 bits per heavy atom. The molecule has 6 nitrogen and oxygen atoms in total. The molecule has 7 heteroatoms. The molecular weight excluding hydrogens is 456 g/mol. The van der Waals surface area contributed by atoms with E-state index in [1.807, 2.05) is 26.0 Å². The molecular formula is C27H37ClO6. The molecule has 188 valence electrons. The number of benzene rings is 2. The van der Waals surface area contributed by atoms with Crippen LogP contribution in [0.1, 0.15) is 58.6 Å². The van der Waals surface area contributed by atoms with E-state index in [-0.39, 0.29) is 5.97 Å². The number of carbonyl (C=O) groups is 2. The first-order valence-corrected chi connectivity index (χ1v) is 11.7. The van der Waals surface area contributed by atoms with E-state index in [1.54, 1.807) is 58.9 Å². The highest BCUT2D eigenvalue weighted by molar-refractivity contribution is 6.30. The van der Waals surface area contributed by atoms with Gasteiger partial charge in [-0.15, -0.1) is 0 Å². The molecule has 0 unspecified atom stereocenters. The summed E-state index contributed by atoms with van der Waals surface area (Å²) in [5, 5.41) is 9.62. The van der Waals surface area contributed by atoms with Crippen LogP contribution in [0.3, 0.4) is 0 Å². The third-order valence-electron chi connectivity index (χ3n) is 5.08. The maximum Gasteiger partial charge on any atom is 0.349 e. The fraction of sp³-hybridized carbons (Fsp3) is 0.481. The third-order valence-corrected chi connectivity index (χ3v) is 5.33. The van der Waals surface area contributed by atoms with Gasteiger partial charge in [-0.25, -0.2) is 4.79 Å². The maximum atomic E-state index is 11.6. The Bertz CT molecular complexity index is 935. The summed E-state index contributed by atoms with van der Waals surface area (Å²) >= 11 is 5.75. The Labute approximate surface area is 208 Å². The van der Waals surface area contributed by atoms with Crippen molar-refractivity contribution in [2.45, 2.75) is 66.9 Å². The standard InChI is InChI=1S/C15H22O3.C12H15ClO3/c1-11-6-7-12(2)13(10-11)18-9-5-8-15(3,4)14(16)17;1-4-15-11(14)12(2,3)16-10-7-5-9(13)6-8-10/h6-7,10H,5,8-9H2,1-4H3,(H,16,17);5-8H,4H2,1-3H3. The van der Waals surface area contributed by atoms with Gasteiger partial charge in [-0.1, -0.05) is 23.7 Å². The number of hydrogen-bond acceptors (Lipinski definition) is 5. The van der Waals surface area contributed by atoms with E-state index >= 15 is 0 Å². The normalized spacial score (nSPS) is 11.2. The molecule has 0 aliphatic heterocycles. The summed E-state index contributed by atoms with van der Waals surface area (Å²) in [6.07, 6.45) is 1.36. The van der Waals surface area contributed by atoms with E-state index in [2.05, 4.69) is 6.07 Å². The van der Waals surface area contributed by atoms with Crippen molar-refractivity contribution >= 4 is 23.5 Å². The molecule has 2 rings (SSSR count). The second-order valence-corrected chi connectivity index (χ2v) is 9.63. The van der Waals surface area contributed by atoms with Crippen LogP contribution >= 0.6 is 11.6 Å². The van der Waals surface area contributed by atoms with Gasteiger partial charge in [-0.3, -0.25) is 4.79 Å². The number of ether oxygens (including phenoxy) is 3. The van der Waals surface area contributed by atoms with Gasteiger partial charge in [-0.05, 0) is 103 Å². The van der Waals surface area contributed by atoms with Crippen molar-refractivity contribution in [3.05, 3.63) is 58.6 Å². The molecule has 0 saturated carbocycles. The lowest BCUT2D eigenvalue weighted by Crippen LogP contribution is -2.39. The molecule has 1 N–H and O–H groups in total. The summed E-state index contributed by atoms with van der Waals surface area (Å²) in [6, 6.07) is 12.9. The van der Waals surface area contributed by atoms with Crippen LogP contribution in [0.4, 0.5) is 0 Å². The SMILES string of the molecule is CCOC(=O)C(C)(C)Oc1ccc(Cl)cc1.Cc1ccc(C)c(OCCCC(C)(C)C(=O)O)c1. The van der Waals surface area contributed by atoms with Crippen molar-refractivity contribution in [2.24, 2.45) is 5.41 Å². The Morgan fingerprint density at radius 2 is 1.62 bits per heavy atom. The summed E-state index contributed by atoms with van der Waals surface area (Å²) in [4.78, 5) is 22.5. The zero-order chi connectivity index (χ0) is 25.9. The second kappa shape index (κ2) is 13.2. The first-order valence-electron chi connectivity index (χ1n) is 11.3. The summed E-state index contributed by atoms with van der Waals surface area (Å²) in [7, 11) is 0. The third kappa shape index (κ3) is 10.0. The van der Waals surface area contributed by atoms with Crippen LogP contribution in [-0.2, 0) is 14.3 Å². The Morgan fingerprint density at radius 3 is 2.18 bits per heavy atom. The Kier molecular flexibility index (Phi) is 11.4. The largest absolute Gasteiger partial charge is 0.493 e. The molecule has 34 heavy (non-hydrogen) atoms. The summed E-state index contributed by atoms with van der Waals surface area (Å²) in [6.45, 7) is 13.5. The monoisotopic (exact) mass is 492 g/mol. The zero-order valence-corrected chi connectivity index (χ0v) is 22.0. The highest BCUT2D eigenvalue weighted by atomic mass is 35.5. The molecule has 0 radical (unpaired) electrons. The number of hydrogen-bond donors (Lipinski definition) is 1. The van der Waals surface area contributed by atoms with Crippen molar-refractivity contribution in [2.75, 3.05) is 13.2 Å². The van der Waals surface area contributed by atoms with E-state index in [0.29, 0.717) is 30.4 Å². The summed E-state index contributed by atoms with van der Waals surface area (Å²) < 4.78 is 16.2. The molecule has 0 amide bonds. The predicted octanol–water partition coefficient (Wildman–Crippen LogP) is 6.63. The van der Waals surface area contributed by atoms with E-state index in [4.69, 9.17) is 30.9 Å². The molecule has 0 aromatic heterocycles. The van der Waals surface area contributed by atoms with Crippen LogP contribution in [0.5, 0.6) is 11.5 Å². The summed E-state index contributed by atoms with van der Waals surface area (Å²) in [5.41, 5.74) is 0.606.